The van der Waals surface area contributed by atoms with Gasteiger partial charge in [0, 0.05) is 16.9 Å². The Kier molecular flexibility index (Phi) is 4.34. The van der Waals surface area contributed by atoms with E-state index in [4.69, 9.17) is 5.73 Å². The van der Waals surface area contributed by atoms with Gasteiger partial charge in [0.15, 0.2) is 0 Å². The Hall–Kier alpha value is -1.13. The topological polar surface area (TPSA) is 43.8 Å². The van der Waals surface area contributed by atoms with Gasteiger partial charge >= 0.3 is 0 Å². The zero-order valence-electron chi connectivity index (χ0n) is 9.64. The highest BCUT2D eigenvalue weighted by Gasteiger charge is 2.03. The molecule has 90 valence electrons. The van der Waals surface area contributed by atoms with Gasteiger partial charge in [0.25, 0.3) is 0 Å². The smallest absolute Gasteiger partial charge is 0.0787 e. The molecule has 1 heterocycles. The second kappa shape index (κ2) is 5.98. The number of unbranched alkanes of at least 4 members (excludes halogenated alkanes) is 1. The summed E-state index contributed by atoms with van der Waals surface area (Å²) < 4.78 is 2.93. The lowest BCUT2D eigenvalue weighted by Crippen LogP contribution is -2.00. The van der Waals surface area contributed by atoms with E-state index in [0.29, 0.717) is 0 Å². The van der Waals surface area contributed by atoms with Crippen molar-refractivity contribution in [3.05, 3.63) is 46.7 Å². The van der Waals surface area contributed by atoms with Crippen LogP contribution in [0.4, 0.5) is 0 Å². The molecule has 1 aromatic carbocycles. The van der Waals surface area contributed by atoms with Crippen molar-refractivity contribution in [1.82, 2.24) is 9.78 Å². The zero-order valence-corrected chi connectivity index (χ0v) is 11.2. The number of hydrogen-bond acceptors (Lipinski definition) is 2. The van der Waals surface area contributed by atoms with Crippen LogP contribution in [0.25, 0.3) is 5.69 Å². The van der Waals surface area contributed by atoms with Crippen molar-refractivity contribution in [2.75, 3.05) is 6.54 Å². The van der Waals surface area contributed by atoms with E-state index in [2.05, 4.69) is 39.2 Å². The molecule has 0 spiro atoms. The van der Waals surface area contributed by atoms with E-state index in [9.17, 15) is 0 Å². The molecule has 4 heteroatoms. The predicted octanol–water partition coefficient (Wildman–Crippen LogP) is 2.92. The van der Waals surface area contributed by atoms with Gasteiger partial charge in [0.1, 0.15) is 0 Å². The number of aromatic nitrogens is 2. The highest BCUT2D eigenvalue weighted by atomic mass is 79.9. The van der Waals surface area contributed by atoms with Crippen molar-refractivity contribution in [3.63, 3.8) is 0 Å². The third-order valence-corrected chi connectivity index (χ3v) is 3.32. The molecule has 0 aliphatic rings. The van der Waals surface area contributed by atoms with Gasteiger partial charge in [0.05, 0.1) is 5.69 Å². The molecule has 1 aromatic heterocycles. The summed E-state index contributed by atoms with van der Waals surface area (Å²) in [5, 5.41) is 4.22. The number of halogens is 1. The second-order valence-corrected chi connectivity index (χ2v) is 4.84. The van der Waals surface area contributed by atoms with Crippen LogP contribution in [0.15, 0.2) is 41.1 Å². The Morgan fingerprint density at radius 1 is 1.29 bits per heavy atom. The van der Waals surface area contributed by atoms with Crippen LogP contribution < -0.4 is 5.73 Å². The molecule has 0 radical (unpaired) electrons. The summed E-state index contributed by atoms with van der Waals surface area (Å²) >= 11 is 3.59. The lowest BCUT2D eigenvalue weighted by Gasteiger charge is -2.07. The molecular weight excluding hydrogens is 278 g/mol. The molecule has 0 aliphatic heterocycles. The molecule has 3 nitrogen and oxygen atoms in total. The Labute approximate surface area is 110 Å². The molecule has 2 N–H and O–H groups in total. The van der Waals surface area contributed by atoms with E-state index in [0.717, 1.165) is 36.0 Å². The minimum absolute atomic E-state index is 0.770. The van der Waals surface area contributed by atoms with E-state index in [1.807, 2.05) is 16.9 Å². The van der Waals surface area contributed by atoms with Crippen molar-refractivity contribution in [1.29, 1.82) is 0 Å². The minimum atomic E-state index is 0.770. The predicted molar refractivity (Wildman–Crippen MR) is 73.3 cm³/mol. The third-order valence-electron chi connectivity index (χ3n) is 2.68. The standard InChI is InChI=1S/C13H16BrN3/c14-12-10-11(4-1-2-7-15)5-6-13(12)17-9-3-8-16-17/h3,5-6,8-10H,1-2,4,7,15H2. The summed E-state index contributed by atoms with van der Waals surface area (Å²) in [7, 11) is 0. The van der Waals surface area contributed by atoms with Gasteiger partial charge in [-0.3, -0.25) is 0 Å². The van der Waals surface area contributed by atoms with Gasteiger partial charge < -0.3 is 5.73 Å². The van der Waals surface area contributed by atoms with Crippen LogP contribution in [0.2, 0.25) is 0 Å². The van der Waals surface area contributed by atoms with Crippen molar-refractivity contribution < 1.29 is 0 Å². The summed E-state index contributed by atoms with van der Waals surface area (Å²) in [6.45, 7) is 0.770. The largest absolute Gasteiger partial charge is 0.330 e. The van der Waals surface area contributed by atoms with Crippen LogP contribution in [0.1, 0.15) is 18.4 Å². The van der Waals surface area contributed by atoms with Crippen LogP contribution >= 0.6 is 15.9 Å². The normalized spacial score (nSPS) is 10.7. The van der Waals surface area contributed by atoms with Gasteiger partial charge in [-0.15, -0.1) is 0 Å². The first kappa shape index (κ1) is 12.3. The molecule has 0 amide bonds. The lowest BCUT2D eigenvalue weighted by atomic mass is 10.1. The highest BCUT2D eigenvalue weighted by molar-refractivity contribution is 9.10. The first-order valence-electron chi connectivity index (χ1n) is 5.80. The summed E-state index contributed by atoms with van der Waals surface area (Å²) in [4.78, 5) is 0. The number of benzene rings is 1. The summed E-state index contributed by atoms with van der Waals surface area (Å²) in [6.07, 6.45) is 7.02. The number of hydrogen-bond donors (Lipinski definition) is 1. The summed E-state index contributed by atoms with van der Waals surface area (Å²) in [6, 6.07) is 8.32. The molecular formula is C13H16BrN3. The Bertz CT molecular complexity index is 466. The van der Waals surface area contributed by atoms with Crippen LogP contribution in [0.5, 0.6) is 0 Å². The third kappa shape index (κ3) is 3.17. The fraction of sp³-hybridized carbons (Fsp3) is 0.308. The second-order valence-electron chi connectivity index (χ2n) is 3.98. The molecule has 0 saturated heterocycles. The number of aryl methyl sites for hydroxylation is 1. The molecule has 0 saturated carbocycles. The average Bonchev–Trinajstić information content (AvgIpc) is 2.83. The van der Waals surface area contributed by atoms with Gasteiger partial charge in [-0.05, 0) is 65.5 Å². The van der Waals surface area contributed by atoms with E-state index < -0.39 is 0 Å². The first-order chi connectivity index (χ1) is 8.31. The number of rotatable bonds is 5. The maximum atomic E-state index is 5.49. The van der Waals surface area contributed by atoms with E-state index in [-0.39, 0.29) is 0 Å². The van der Waals surface area contributed by atoms with Crippen molar-refractivity contribution in [3.8, 4) is 5.69 Å². The molecule has 0 unspecified atom stereocenters. The van der Waals surface area contributed by atoms with Gasteiger partial charge in [0.2, 0.25) is 0 Å². The number of nitrogens with two attached hydrogens (primary N) is 1. The highest BCUT2D eigenvalue weighted by Crippen LogP contribution is 2.22. The molecule has 17 heavy (non-hydrogen) atoms. The Morgan fingerprint density at radius 2 is 2.18 bits per heavy atom. The van der Waals surface area contributed by atoms with Gasteiger partial charge in [-0.2, -0.15) is 5.10 Å². The number of nitrogens with zero attached hydrogens (tertiary/aromatic N) is 2. The van der Waals surface area contributed by atoms with Crippen molar-refractivity contribution in [2.24, 2.45) is 5.73 Å². The molecule has 2 rings (SSSR count). The van der Waals surface area contributed by atoms with Gasteiger partial charge in [-0.25, -0.2) is 4.68 Å². The van der Waals surface area contributed by atoms with Gasteiger partial charge in [-0.1, -0.05) is 6.07 Å². The maximum absolute atomic E-state index is 5.49. The SMILES string of the molecule is NCCCCc1ccc(-n2cccn2)c(Br)c1. The molecule has 0 aliphatic carbocycles. The van der Waals surface area contributed by atoms with Crippen LogP contribution in [0.3, 0.4) is 0 Å². The molecule has 0 fully saturated rings. The lowest BCUT2D eigenvalue weighted by molar-refractivity contribution is 0.744. The van der Waals surface area contributed by atoms with E-state index >= 15 is 0 Å². The zero-order chi connectivity index (χ0) is 12.1. The summed E-state index contributed by atoms with van der Waals surface area (Å²) in [5.74, 6) is 0. The van der Waals surface area contributed by atoms with Crippen LogP contribution in [-0.2, 0) is 6.42 Å². The average molecular weight is 294 g/mol. The fourth-order valence-corrected chi connectivity index (χ4v) is 2.38. The van der Waals surface area contributed by atoms with E-state index in [1.54, 1.807) is 6.20 Å². The van der Waals surface area contributed by atoms with Crippen LogP contribution in [0, 0.1) is 0 Å². The van der Waals surface area contributed by atoms with Crippen molar-refractivity contribution >= 4 is 15.9 Å². The summed E-state index contributed by atoms with van der Waals surface area (Å²) in [5.41, 5.74) is 7.89. The fourth-order valence-electron chi connectivity index (χ4n) is 1.78. The Balaban J connectivity index is 2.12. The van der Waals surface area contributed by atoms with E-state index in [1.165, 1.54) is 5.56 Å². The molecule has 2 aromatic rings. The minimum Gasteiger partial charge on any atom is -0.330 e. The Morgan fingerprint density at radius 3 is 2.82 bits per heavy atom. The monoisotopic (exact) mass is 293 g/mol. The maximum Gasteiger partial charge on any atom is 0.0787 e. The van der Waals surface area contributed by atoms with Crippen molar-refractivity contribution in [2.45, 2.75) is 19.3 Å². The molecule has 0 bridgehead atoms. The molecule has 0 atom stereocenters. The first-order valence-corrected chi connectivity index (χ1v) is 6.59. The van der Waals surface area contributed by atoms with Crippen LogP contribution in [-0.4, -0.2) is 16.3 Å². The quantitative estimate of drug-likeness (QED) is 0.862.